The number of carbonyl (C=O) groups is 2. The minimum atomic E-state index is -3.93. The topological polar surface area (TPSA) is 164 Å². The quantitative estimate of drug-likeness (QED) is 0.116. The minimum Gasteiger partial charge on any atom is -0.350 e. The molecule has 0 aliphatic carbocycles. The Kier molecular flexibility index (Phi) is 14.5. The Balaban J connectivity index is 0.000000224. The zero-order valence-electron chi connectivity index (χ0n) is 34.0. The van der Waals surface area contributed by atoms with E-state index in [9.17, 15) is 26.4 Å². The van der Waals surface area contributed by atoms with Crippen LogP contribution in [-0.2, 0) is 40.2 Å². The second-order valence-corrected chi connectivity index (χ2v) is 19.4. The van der Waals surface area contributed by atoms with Gasteiger partial charge < -0.3 is 10.6 Å². The molecule has 0 unspecified atom stereocenters. The summed E-state index contributed by atoms with van der Waals surface area (Å²) in [6.07, 6.45) is 1.58. The van der Waals surface area contributed by atoms with Crippen molar-refractivity contribution < 1.29 is 26.4 Å². The van der Waals surface area contributed by atoms with Gasteiger partial charge in [-0.3, -0.25) is 22.9 Å². The van der Waals surface area contributed by atoms with Gasteiger partial charge in [0.1, 0.15) is 0 Å². The van der Waals surface area contributed by atoms with Gasteiger partial charge in [0.15, 0.2) is 9.24 Å². The second kappa shape index (κ2) is 19.3. The highest BCUT2D eigenvalue weighted by molar-refractivity contribution is 7.94. The van der Waals surface area contributed by atoms with Crippen molar-refractivity contribution in [1.82, 2.24) is 25.4 Å². The molecule has 16 heteroatoms. The van der Waals surface area contributed by atoms with Crippen LogP contribution in [0.1, 0.15) is 70.2 Å². The standard InChI is InChI=1S/C22H25N3O3S2.C21H24N4O3S/c1-15(2)23-21(26)19-11-8-12-20(13-19)25(14-18-9-6-5-7-10-18)30(27,28)22-16(3)24-17(4)29-22;1-16(2)22-21(26)18-10-7-11-19(14-18)25(15-17-8-5-4-6-9-17)29(27,28)20-12-13-24(3)23-20/h5-13,15H,14H2,1-4H3,(H,23,26);4-14,16H,15H2,1-3H3,(H,22,26). The van der Waals surface area contributed by atoms with E-state index < -0.39 is 20.0 Å². The van der Waals surface area contributed by atoms with Gasteiger partial charge >= 0.3 is 0 Å². The summed E-state index contributed by atoms with van der Waals surface area (Å²) in [5.74, 6) is -0.495. The number of nitrogens with zero attached hydrogens (tertiary/aromatic N) is 5. The lowest BCUT2D eigenvalue weighted by Gasteiger charge is -2.24. The van der Waals surface area contributed by atoms with Crippen molar-refractivity contribution >= 4 is 54.6 Å². The highest BCUT2D eigenvalue weighted by Crippen LogP contribution is 2.32. The van der Waals surface area contributed by atoms with Crippen LogP contribution in [0.5, 0.6) is 0 Å². The predicted octanol–water partition coefficient (Wildman–Crippen LogP) is 7.25. The second-order valence-electron chi connectivity index (χ2n) is 14.3. The molecular formula is C43H49N7O6S3. The van der Waals surface area contributed by atoms with Crippen LogP contribution in [0.25, 0.3) is 0 Å². The number of carbonyl (C=O) groups excluding carboxylic acids is 2. The average Bonchev–Trinajstić information content (AvgIpc) is 3.81. The lowest BCUT2D eigenvalue weighted by atomic mass is 10.1. The number of thiazole rings is 1. The first-order chi connectivity index (χ1) is 27.9. The summed E-state index contributed by atoms with van der Waals surface area (Å²) in [5, 5.41) is 10.4. The highest BCUT2D eigenvalue weighted by Gasteiger charge is 2.31. The van der Waals surface area contributed by atoms with Crippen LogP contribution >= 0.6 is 11.3 Å². The fourth-order valence-electron chi connectivity index (χ4n) is 5.92. The number of benzene rings is 4. The number of hydrogen-bond donors (Lipinski definition) is 2. The minimum absolute atomic E-state index is 0.0203. The molecule has 6 rings (SSSR count). The van der Waals surface area contributed by atoms with Gasteiger partial charge in [0, 0.05) is 36.5 Å². The van der Waals surface area contributed by atoms with E-state index in [0.717, 1.165) is 22.5 Å². The van der Waals surface area contributed by atoms with Crippen LogP contribution in [0.15, 0.2) is 131 Å². The number of rotatable bonds is 14. The third kappa shape index (κ3) is 11.4. The molecule has 0 aliphatic rings. The van der Waals surface area contributed by atoms with Crippen LogP contribution in [-0.4, -0.2) is 55.5 Å². The highest BCUT2D eigenvalue weighted by atomic mass is 32.2. The number of nitrogens with one attached hydrogen (secondary N) is 2. The molecule has 0 atom stereocenters. The molecule has 0 saturated carbocycles. The van der Waals surface area contributed by atoms with E-state index in [0.29, 0.717) is 33.2 Å². The molecule has 13 nitrogen and oxygen atoms in total. The molecule has 0 spiro atoms. The van der Waals surface area contributed by atoms with Crippen molar-refractivity contribution in [2.24, 2.45) is 7.05 Å². The van der Waals surface area contributed by atoms with E-state index in [-0.39, 0.29) is 46.2 Å². The fourth-order valence-corrected chi connectivity index (χ4v) is 10.3. The van der Waals surface area contributed by atoms with E-state index in [4.69, 9.17) is 0 Å². The van der Waals surface area contributed by atoms with Gasteiger partial charge in [-0.15, -0.1) is 11.3 Å². The van der Waals surface area contributed by atoms with Gasteiger partial charge in [-0.25, -0.2) is 13.4 Å². The molecule has 2 amide bonds. The molecular weight excluding hydrogens is 807 g/mol. The average molecular weight is 856 g/mol. The maximum atomic E-state index is 13.6. The van der Waals surface area contributed by atoms with Gasteiger partial charge in [0.05, 0.1) is 35.2 Å². The zero-order valence-corrected chi connectivity index (χ0v) is 36.5. The summed E-state index contributed by atoms with van der Waals surface area (Å²) in [7, 11) is -6.13. The maximum Gasteiger partial charge on any atom is 0.283 e. The van der Waals surface area contributed by atoms with E-state index in [2.05, 4.69) is 20.7 Å². The number of hydrogen-bond acceptors (Lipinski definition) is 9. The molecule has 0 saturated heterocycles. The van der Waals surface area contributed by atoms with Crippen molar-refractivity contribution in [2.45, 2.75) is 76.0 Å². The van der Waals surface area contributed by atoms with Crippen molar-refractivity contribution in [3.05, 3.63) is 154 Å². The Morgan fingerprint density at radius 3 is 1.51 bits per heavy atom. The van der Waals surface area contributed by atoms with E-state index in [1.807, 2.05) is 88.4 Å². The Hall–Kier alpha value is -5.84. The number of sulfonamides is 2. The van der Waals surface area contributed by atoms with Crippen molar-refractivity contribution in [2.75, 3.05) is 8.61 Å². The molecule has 6 aromatic rings. The van der Waals surface area contributed by atoms with Crippen LogP contribution in [0.2, 0.25) is 0 Å². The Labute approximate surface area is 350 Å². The molecule has 2 aromatic heterocycles. The molecule has 59 heavy (non-hydrogen) atoms. The monoisotopic (exact) mass is 855 g/mol. The number of amides is 2. The maximum absolute atomic E-state index is 13.6. The molecule has 0 bridgehead atoms. The molecule has 2 heterocycles. The first kappa shape index (κ1) is 44.3. The fraction of sp³-hybridized carbons (Fsp3) is 0.256. The lowest BCUT2D eigenvalue weighted by molar-refractivity contribution is 0.0934. The van der Waals surface area contributed by atoms with Gasteiger partial charge in [-0.2, -0.15) is 13.5 Å². The summed E-state index contributed by atoms with van der Waals surface area (Å²) in [6, 6.07) is 33.4. The van der Waals surface area contributed by atoms with Gasteiger partial charge in [-0.05, 0) is 95.1 Å². The van der Waals surface area contributed by atoms with E-state index >= 15 is 0 Å². The molecule has 4 aromatic carbocycles. The Morgan fingerprint density at radius 1 is 0.661 bits per heavy atom. The SMILES string of the molecule is CC(C)NC(=O)c1cccc(N(Cc2ccccc2)S(=O)(=O)c2ccn(C)n2)c1.Cc1nc(C)c(S(=O)(=O)N(Cc2ccccc2)c2cccc(C(=O)NC(C)C)c2)s1. The summed E-state index contributed by atoms with van der Waals surface area (Å²) in [4.78, 5) is 29.2. The lowest BCUT2D eigenvalue weighted by Crippen LogP contribution is -2.32. The van der Waals surface area contributed by atoms with Crippen molar-refractivity contribution in [3.8, 4) is 0 Å². The molecule has 2 N–H and O–H groups in total. The van der Waals surface area contributed by atoms with E-state index in [1.54, 1.807) is 75.6 Å². The van der Waals surface area contributed by atoms with Crippen LogP contribution < -0.4 is 19.2 Å². The first-order valence-corrected chi connectivity index (χ1v) is 22.5. The van der Waals surface area contributed by atoms with Gasteiger partial charge in [-0.1, -0.05) is 72.8 Å². The number of anilines is 2. The third-order valence-corrected chi connectivity index (χ3v) is 13.7. The smallest absolute Gasteiger partial charge is 0.283 e. The van der Waals surface area contributed by atoms with E-state index in [1.165, 1.54) is 19.4 Å². The van der Waals surface area contributed by atoms with Crippen molar-refractivity contribution in [3.63, 3.8) is 0 Å². The van der Waals surface area contributed by atoms with Crippen molar-refractivity contribution in [1.29, 1.82) is 0 Å². The number of aryl methyl sites for hydroxylation is 3. The largest absolute Gasteiger partial charge is 0.350 e. The number of aromatic nitrogens is 3. The summed E-state index contributed by atoms with van der Waals surface area (Å²) >= 11 is 1.15. The Bertz CT molecular complexity index is 2590. The van der Waals surface area contributed by atoms with Crippen LogP contribution in [0.3, 0.4) is 0 Å². The Morgan fingerprint density at radius 2 is 1.12 bits per heavy atom. The predicted molar refractivity (Wildman–Crippen MR) is 233 cm³/mol. The first-order valence-electron chi connectivity index (χ1n) is 18.8. The van der Waals surface area contributed by atoms with Gasteiger partial charge in [0.25, 0.3) is 31.9 Å². The molecule has 310 valence electrons. The van der Waals surface area contributed by atoms with Crippen LogP contribution in [0.4, 0.5) is 11.4 Å². The summed E-state index contributed by atoms with van der Waals surface area (Å²) in [6.45, 7) is 11.2. The van der Waals surface area contributed by atoms with Crippen LogP contribution in [0, 0.1) is 13.8 Å². The summed E-state index contributed by atoms with van der Waals surface area (Å²) < 4.78 is 58.2. The molecule has 0 aliphatic heterocycles. The molecule has 0 radical (unpaired) electrons. The summed E-state index contributed by atoms with van der Waals surface area (Å²) in [5.41, 5.74) is 3.78. The molecule has 0 fully saturated rings. The normalized spacial score (nSPS) is 11.5. The van der Waals surface area contributed by atoms with Gasteiger partial charge in [0.2, 0.25) is 0 Å². The zero-order chi connectivity index (χ0) is 42.9. The third-order valence-electron chi connectivity index (χ3n) is 8.60.